The number of ether oxygens (including phenoxy) is 1. The molecule has 7 heteroatoms. The minimum atomic E-state index is -0.156. The molecule has 1 aliphatic rings. The molecule has 4 rings (SSSR count). The largest absolute Gasteiger partial charge is 0.489 e. The highest BCUT2D eigenvalue weighted by Gasteiger charge is 2.27. The van der Waals surface area contributed by atoms with Crippen molar-refractivity contribution in [1.29, 1.82) is 0 Å². The molecule has 0 bridgehead atoms. The van der Waals surface area contributed by atoms with Gasteiger partial charge in [0.15, 0.2) is 0 Å². The van der Waals surface area contributed by atoms with Gasteiger partial charge in [-0.1, -0.05) is 35.9 Å². The van der Waals surface area contributed by atoms with Gasteiger partial charge < -0.3 is 4.74 Å². The van der Waals surface area contributed by atoms with Crippen molar-refractivity contribution in [2.75, 3.05) is 5.32 Å². The third kappa shape index (κ3) is 3.34. The second-order valence-corrected chi connectivity index (χ2v) is 6.22. The van der Waals surface area contributed by atoms with Gasteiger partial charge in [-0.05, 0) is 35.4 Å². The Balaban J connectivity index is 1.47. The number of nitrogens with zero attached hydrogens (tertiary/aromatic N) is 3. The quantitative estimate of drug-likeness (QED) is 0.779. The van der Waals surface area contributed by atoms with Crippen LogP contribution in [0.25, 0.3) is 0 Å². The first-order valence-corrected chi connectivity index (χ1v) is 8.23. The first-order valence-electron chi connectivity index (χ1n) is 7.85. The summed E-state index contributed by atoms with van der Waals surface area (Å²) in [5.74, 6) is 1.18. The molecule has 0 spiro atoms. The summed E-state index contributed by atoms with van der Waals surface area (Å²) in [7, 11) is 0. The molecular formula is C18H15ClN4O2. The van der Waals surface area contributed by atoms with Crippen molar-refractivity contribution < 1.29 is 9.53 Å². The number of halogens is 1. The predicted octanol–water partition coefficient (Wildman–Crippen LogP) is 3.44. The van der Waals surface area contributed by atoms with E-state index in [2.05, 4.69) is 15.4 Å². The van der Waals surface area contributed by atoms with Crippen LogP contribution in [0.1, 0.15) is 23.6 Å². The topological polar surface area (TPSA) is 69.0 Å². The molecule has 6 nitrogen and oxygen atoms in total. The number of carbonyl (C=O) groups is 1. The normalized spacial score (nSPS) is 16.2. The summed E-state index contributed by atoms with van der Waals surface area (Å²) in [6, 6.07) is 15.1. The highest BCUT2D eigenvalue weighted by Crippen LogP contribution is 2.29. The number of fused-ring (bicyclic) bond motifs is 1. The number of hydrogen-bond donors (Lipinski definition) is 1. The SMILES string of the molecule is O=C1C[C@@H](c2ccc(OCc3ccc(Cl)cc3)cc2)n2ncnc2N1. The van der Waals surface area contributed by atoms with Crippen molar-refractivity contribution in [3.8, 4) is 5.75 Å². The molecule has 2 aromatic carbocycles. The summed E-state index contributed by atoms with van der Waals surface area (Å²) in [5.41, 5.74) is 2.03. The average molecular weight is 355 g/mol. The summed E-state index contributed by atoms with van der Waals surface area (Å²) in [4.78, 5) is 15.9. The molecule has 0 saturated heterocycles. The Morgan fingerprint density at radius 3 is 2.68 bits per heavy atom. The number of amides is 1. The monoisotopic (exact) mass is 354 g/mol. The number of anilines is 1. The Morgan fingerprint density at radius 2 is 1.92 bits per heavy atom. The van der Waals surface area contributed by atoms with Crippen LogP contribution in [0, 0.1) is 0 Å². The Bertz CT molecular complexity index is 890. The van der Waals surface area contributed by atoms with Gasteiger partial charge in [0.1, 0.15) is 18.7 Å². The minimum absolute atomic E-state index is 0.0615. The number of hydrogen-bond acceptors (Lipinski definition) is 4. The van der Waals surface area contributed by atoms with Crippen LogP contribution in [0.15, 0.2) is 54.9 Å². The van der Waals surface area contributed by atoms with E-state index in [-0.39, 0.29) is 11.9 Å². The molecule has 2 heterocycles. The molecule has 25 heavy (non-hydrogen) atoms. The van der Waals surface area contributed by atoms with Crippen LogP contribution in [0.5, 0.6) is 5.75 Å². The van der Waals surface area contributed by atoms with E-state index in [1.165, 1.54) is 6.33 Å². The van der Waals surface area contributed by atoms with E-state index in [1.54, 1.807) is 4.68 Å². The molecule has 1 N–H and O–H groups in total. The fraction of sp³-hybridized carbons (Fsp3) is 0.167. The van der Waals surface area contributed by atoms with E-state index in [9.17, 15) is 4.79 Å². The highest BCUT2D eigenvalue weighted by molar-refractivity contribution is 6.30. The minimum Gasteiger partial charge on any atom is -0.489 e. The molecule has 0 fully saturated rings. The molecule has 1 aromatic heterocycles. The van der Waals surface area contributed by atoms with Gasteiger partial charge in [-0.15, -0.1) is 0 Å². The van der Waals surface area contributed by atoms with Gasteiger partial charge >= 0.3 is 0 Å². The lowest BCUT2D eigenvalue weighted by Crippen LogP contribution is -2.29. The second kappa shape index (κ2) is 6.57. The smallest absolute Gasteiger partial charge is 0.229 e. The van der Waals surface area contributed by atoms with Crippen LogP contribution in [0.3, 0.4) is 0 Å². The van der Waals surface area contributed by atoms with Crippen LogP contribution in [0.4, 0.5) is 5.95 Å². The molecule has 3 aromatic rings. The number of benzene rings is 2. The number of rotatable bonds is 4. The van der Waals surface area contributed by atoms with Gasteiger partial charge in [0, 0.05) is 5.02 Å². The summed E-state index contributed by atoms with van der Waals surface area (Å²) in [6.07, 6.45) is 1.78. The summed E-state index contributed by atoms with van der Waals surface area (Å²) >= 11 is 5.88. The van der Waals surface area contributed by atoms with Gasteiger partial charge in [-0.25, -0.2) is 4.68 Å². The second-order valence-electron chi connectivity index (χ2n) is 5.78. The zero-order chi connectivity index (χ0) is 17.2. The Kier molecular flexibility index (Phi) is 4.11. The molecule has 126 valence electrons. The third-order valence-electron chi connectivity index (χ3n) is 4.08. The van der Waals surface area contributed by atoms with Crippen molar-refractivity contribution in [3.05, 3.63) is 71.0 Å². The Labute approximate surface area is 149 Å². The first-order chi connectivity index (χ1) is 12.2. The van der Waals surface area contributed by atoms with Crippen LogP contribution in [-0.4, -0.2) is 20.7 Å². The van der Waals surface area contributed by atoms with E-state index in [4.69, 9.17) is 16.3 Å². The molecule has 0 radical (unpaired) electrons. The maximum absolute atomic E-state index is 11.8. The maximum Gasteiger partial charge on any atom is 0.229 e. The van der Waals surface area contributed by atoms with Crippen molar-refractivity contribution in [2.45, 2.75) is 19.1 Å². The fourth-order valence-corrected chi connectivity index (χ4v) is 2.92. The standard InChI is InChI=1S/C18H15ClN4O2/c19-14-5-1-12(2-6-14)10-25-15-7-3-13(4-8-15)16-9-17(24)22-18-20-11-21-23(16)18/h1-8,11,16H,9-10H2,(H,20,21,22,24)/t16-/m0/s1. The lowest BCUT2D eigenvalue weighted by atomic mass is 10.0. The van der Waals surface area contributed by atoms with E-state index in [0.717, 1.165) is 16.9 Å². The van der Waals surface area contributed by atoms with E-state index < -0.39 is 0 Å². The van der Waals surface area contributed by atoms with Crippen LogP contribution >= 0.6 is 11.6 Å². The molecule has 0 aliphatic carbocycles. The summed E-state index contributed by atoms with van der Waals surface area (Å²) in [6.45, 7) is 0.468. The molecule has 0 unspecified atom stereocenters. The van der Waals surface area contributed by atoms with Crippen LogP contribution in [-0.2, 0) is 11.4 Å². The predicted molar refractivity (Wildman–Crippen MR) is 93.6 cm³/mol. The Hall–Kier alpha value is -2.86. The third-order valence-corrected chi connectivity index (χ3v) is 4.33. The van der Waals surface area contributed by atoms with Gasteiger partial charge in [-0.2, -0.15) is 10.1 Å². The number of carbonyl (C=O) groups excluding carboxylic acids is 1. The van der Waals surface area contributed by atoms with Crippen molar-refractivity contribution >= 4 is 23.5 Å². The van der Waals surface area contributed by atoms with Crippen LogP contribution < -0.4 is 10.1 Å². The van der Waals surface area contributed by atoms with Gasteiger partial charge in [0.05, 0.1) is 12.5 Å². The zero-order valence-corrected chi connectivity index (χ0v) is 14.0. The average Bonchev–Trinajstić information content (AvgIpc) is 3.09. The molecular weight excluding hydrogens is 340 g/mol. The van der Waals surface area contributed by atoms with Gasteiger partial charge in [0.25, 0.3) is 0 Å². The summed E-state index contributed by atoms with van der Waals surface area (Å²) < 4.78 is 7.52. The lowest BCUT2D eigenvalue weighted by Gasteiger charge is -2.23. The van der Waals surface area contributed by atoms with E-state index >= 15 is 0 Å². The lowest BCUT2D eigenvalue weighted by molar-refractivity contribution is -0.117. The van der Waals surface area contributed by atoms with Gasteiger partial charge in [-0.3, -0.25) is 10.1 Å². The molecule has 1 atom stereocenters. The molecule has 1 amide bonds. The van der Waals surface area contributed by atoms with Crippen molar-refractivity contribution in [3.63, 3.8) is 0 Å². The van der Waals surface area contributed by atoms with Gasteiger partial charge in [0.2, 0.25) is 11.9 Å². The summed E-state index contributed by atoms with van der Waals surface area (Å²) in [5, 5.41) is 7.62. The van der Waals surface area contributed by atoms with Crippen molar-refractivity contribution in [2.24, 2.45) is 0 Å². The first kappa shape index (κ1) is 15.7. The number of aromatic nitrogens is 3. The number of nitrogens with one attached hydrogen (secondary N) is 1. The van der Waals surface area contributed by atoms with E-state index in [0.29, 0.717) is 24.0 Å². The fourth-order valence-electron chi connectivity index (χ4n) is 2.80. The van der Waals surface area contributed by atoms with E-state index in [1.807, 2.05) is 48.5 Å². The molecule has 1 aliphatic heterocycles. The maximum atomic E-state index is 11.8. The molecule has 0 saturated carbocycles. The van der Waals surface area contributed by atoms with Crippen LogP contribution in [0.2, 0.25) is 5.02 Å². The zero-order valence-electron chi connectivity index (χ0n) is 13.2. The highest BCUT2D eigenvalue weighted by atomic mass is 35.5. The Morgan fingerprint density at radius 1 is 1.16 bits per heavy atom. The van der Waals surface area contributed by atoms with Crippen molar-refractivity contribution in [1.82, 2.24) is 14.8 Å².